The van der Waals surface area contributed by atoms with Crippen LogP contribution in [0.2, 0.25) is 0 Å². The van der Waals surface area contributed by atoms with E-state index in [1.807, 2.05) is 0 Å². The number of carbonyl (C=O) groups excluding carboxylic acids is 1. The molecule has 0 aromatic heterocycles. The molecule has 80 valence electrons. The molecule has 0 aromatic carbocycles. The molecule has 1 saturated heterocycles. The molecule has 2 fully saturated rings. The highest BCUT2D eigenvalue weighted by atomic mass is 16.1. The number of nitrogens with two attached hydrogens (primary N) is 1. The zero-order valence-electron chi connectivity index (χ0n) is 8.67. The number of hydrogen-bond donors (Lipinski definition) is 2. The molecule has 1 aliphatic heterocycles. The number of nitrogens with one attached hydrogen (secondary N) is 1. The standard InChI is InChI=1S/C11H20N2O/c12-7-8-5-10(13-11(14)6-8)9-3-1-2-4-9/h8-10H,1-7,12H2,(H,13,14). The van der Waals surface area contributed by atoms with Gasteiger partial charge in [-0.1, -0.05) is 12.8 Å². The first-order valence-electron chi connectivity index (χ1n) is 5.79. The van der Waals surface area contributed by atoms with Crippen LogP contribution in [-0.2, 0) is 4.79 Å². The van der Waals surface area contributed by atoms with E-state index < -0.39 is 0 Å². The first-order valence-corrected chi connectivity index (χ1v) is 5.79. The van der Waals surface area contributed by atoms with Crippen molar-refractivity contribution in [1.82, 2.24) is 5.32 Å². The van der Waals surface area contributed by atoms with Crippen LogP contribution in [0.25, 0.3) is 0 Å². The molecule has 3 nitrogen and oxygen atoms in total. The predicted octanol–water partition coefficient (Wildman–Crippen LogP) is 1.03. The van der Waals surface area contributed by atoms with Crippen LogP contribution in [0, 0.1) is 11.8 Å². The van der Waals surface area contributed by atoms with E-state index in [0.717, 1.165) is 12.3 Å². The van der Waals surface area contributed by atoms with Gasteiger partial charge in [0.1, 0.15) is 0 Å². The van der Waals surface area contributed by atoms with Gasteiger partial charge in [-0.15, -0.1) is 0 Å². The molecule has 3 N–H and O–H groups in total. The van der Waals surface area contributed by atoms with Crippen molar-refractivity contribution in [3.63, 3.8) is 0 Å². The molecular formula is C11H20N2O. The number of carbonyl (C=O) groups is 1. The number of piperidine rings is 1. The third-order valence-corrected chi connectivity index (χ3v) is 3.71. The molecule has 1 aliphatic carbocycles. The monoisotopic (exact) mass is 196 g/mol. The number of hydrogen-bond acceptors (Lipinski definition) is 2. The zero-order chi connectivity index (χ0) is 9.97. The SMILES string of the molecule is NCC1CC(=O)NC(C2CCCC2)C1. The quantitative estimate of drug-likeness (QED) is 0.693. The fourth-order valence-electron chi connectivity index (χ4n) is 2.88. The highest BCUT2D eigenvalue weighted by molar-refractivity contribution is 5.77. The Balaban J connectivity index is 1.93. The van der Waals surface area contributed by atoms with Crippen molar-refractivity contribution >= 4 is 5.91 Å². The van der Waals surface area contributed by atoms with Crippen LogP contribution < -0.4 is 11.1 Å². The molecule has 2 rings (SSSR count). The van der Waals surface area contributed by atoms with Crippen LogP contribution in [0.1, 0.15) is 38.5 Å². The molecule has 2 aliphatic rings. The Morgan fingerprint density at radius 1 is 1.36 bits per heavy atom. The Morgan fingerprint density at radius 3 is 2.71 bits per heavy atom. The smallest absolute Gasteiger partial charge is 0.220 e. The maximum absolute atomic E-state index is 11.4. The van der Waals surface area contributed by atoms with E-state index in [-0.39, 0.29) is 5.91 Å². The molecular weight excluding hydrogens is 176 g/mol. The Bertz CT molecular complexity index is 211. The van der Waals surface area contributed by atoms with Gasteiger partial charge in [0.25, 0.3) is 0 Å². The Hall–Kier alpha value is -0.570. The third kappa shape index (κ3) is 2.08. The summed E-state index contributed by atoms with van der Waals surface area (Å²) in [6.45, 7) is 0.663. The maximum Gasteiger partial charge on any atom is 0.220 e. The van der Waals surface area contributed by atoms with Crippen LogP contribution in [0.15, 0.2) is 0 Å². The minimum absolute atomic E-state index is 0.212. The summed E-state index contributed by atoms with van der Waals surface area (Å²) in [5.74, 6) is 1.37. The first kappa shape index (κ1) is 9.97. The summed E-state index contributed by atoms with van der Waals surface area (Å²) < 4.78 is 0. The molecule has 0 spiro atoms. The van der Waals surface area contributed by atoms with Crippen molar-refractivity contribution in [3.8, 4) is 0 Å². The van der Waals surface area contributed by atoms with E-state index in [4.69, 9.17) is 5.73 Å². The lowest BCUT2D eigenvalue weighted by atomic mass is 9.84. The summed E-state index contributed by atoms with van der Waals surface area (Å²) >= 11 is 0. The van der Waals surface area contributed by atoms with E-state index in [9.17, 15) is 4.79 Å². The topological polar surface area (TPSA) is 55.1 Å². The van der Waals surface area contributed by atoms with Crippen LogP contribution in [0.5, 0.6) is 0 Å². The van der Waals surface area contributed by atoms with E-state index in [0.29, 0.717) is 24.9 Å². The van der Waals surface area contributed by atoms with Gasteiger partial charge in [-0.05, 0) is 37.6 Å². The fourth-order valence-corrected chi connectivity index (χ4v) is 2.88. The van der Waals surface area contributed by atoms with Crippen molar-refractivity contribution in [3.05, 3.63) is 0 Å². The van der Waals surface area contributed by atoms with Gasteiger partial charge >= 0.3 is 0 Å². The highest BCUT2D eigenvalue weighted by Crippen LogP contribution is 2.32. The summed E-state index contributed by atoms with van der Waals surface area (Å²) in [6.07, 6.45) is 7.01. The number of amides is 1. The average molecular weight is 196 g/mol. The molecule has 14 heavy (non-hydrogen) atoms. The van der Waals surface area contributed by atoms with Crippen LogP contribution in [-0.4, -0.2) is 18.5 Å². The van der Waals surface area contributed by atoms with Crippen molar-refractivity contribution < 1.29 is 4.79 Å². The van der Waals surface area contributed by atoms with E-state index in [2.05, 4.69) is 5.32 Å². The van der Waals surface area contributed by atoms with Gasteiger partial charge in [-0.25, -0.2) is 0 Å². The average Bonchev–Trinajstić information content (AvgIpc) is 2.69. The Labute approximate surface area is 85.4 Å². The second kappa shape index (κ2) is 4.30. The van der Waals surface area contributed by atoms with Crippen molar-refractivity contribution in [2.24, 2.45) is 17.6 Å². The predicted molar refractivity (Wildman–Crippen MR) is 55.7 cm³/mol. The lowest BCUT2D eigenvalue weighted by molar-refractivity contribution is -0.125. The first-order chi connectivity index (χ1) is 6.79. The lowest BCUT2D eigenvalue weighted by Crippen LogP contribution is -2.47. The van der Waals surface area contributed by atoms with Gasteiger partial charge in [-0.3, -0.25) is 4.79 Å². The van der Waals surface area contributed by atoms with Gasteiger partial charge in [0.15, 0.2) is 0 Å². The maximum atomic E-state index is 11.4. The van der Waals surface area contributed by atoms with Gasteiger partial charge < -0.3 is 11.1 Å². The minimum atomic E-state index is 0.212. The minimum Gasteiger partial charge on any atom is -0.353 e. The van der Waals surface area contributed by atoms with Gasteiger partial charge in [0, 0.05) is 12.5 Å². The molecule has 2 unspecified atom stereocenters. The summed E-state index contributed by atoms with van der Waals surface area (Å²) in [6, 6.07) is 0.423. The summed E-state index contributed by atoms with van der Waals surface area (Å²) in [5.41, 5.74) is 5.65. The molecule has 3 heteroatoms. The van der Waals surface area contributed by atoms with Crippen LogP contribution in [0.3, 0.4) is 0 Å². The van der Waals surface area contributed by atoms with E-state index in [1.54, 1.807) is 0 Å². The fraction of sp³-hybridized carbons (Fsp3) is 0.909. The van der Waals surface area contributed by atoms with Gasteiger partial charge in [0.05, 0.1) is 0 Å². The Morgan fingerprint density at radius 2 is 2.07 bits per heavy atom. The van der Waals surface area contributed by atoms with Gasteiger partial charge in [-0.2, -0.15) is 0 Å². The summed E-state index contributed by atoms with van der Waals surface area (Å²) in [7, 11) is 0. The third-order valence-electron chi connectivity index (χ3n) is 3.71. The molecule has 0 radical (unpaired) electrons. The van der Waals surface area contributed by atoms with Crippen LogP contribution >= 0.6 is 0 Å². The molecule has 1 heterocycles. The second-order valence-electron chi connectivity index (χ2n) is 4.76. The second-order valence-corrected chi connectivity index (χ2v) is 4.76. The van der Waals surface area contributed by atoms with Crippen molar-refractivity contribution in [1.29, 1.82) is 0 Å². The summed E-state index contributed by atoms with van der Waals surface area (Å²) in [4.78, 5) is 11.4. The largest absolute Gasteiger partial charge is 0.353 e. The van der Waals surface area contributed by atoms with Crippen molar-refractivity contribution in [2.45, 2.75) is 44.6 Å². The highest BCUT2D eigenvalue weighted by Gasteiger charge is 2.32. The van der Waals surface area contributed by atoms with Gasteiger partial charge in [0.2, 0.25) is 5.91 Å². The van der Waals surface area contributed by atoms with E-state index in [1.165, 1.54) is 25.7 Å². The molecule has 0 bridgehead atoms. The molecule has 0 aromatic rings. The Kier molecular flexibility index (Phi) is 3.06. The van der Waals surface area contributed by atoms with E-state index >= 15 is 0 Å². The molecule has 2 atom stereocenters. The van der Waals surface area contributed by atoms with Crippen molar-refractivity contribution in [2.75, 3.05) is 6.54 Å². The summed E-state index contributed by atoms with van der Waals surface area (Å²) in [5, 5.41) is 3.13. The number of rotatable bonds is 2. The molecule has 1 amide bonds. The molecule has 1 saturated carbocycles. The zero-order valence-corrected chi connectivity index (χ0v) is 8.67. The lowest BCUT2D eigenvalue weighted by Gasteiger charge is -2.33. The normalized spacial score (nSPS) is 34.5. The van der Waals surface area contributed by atoms with Crippen LogP contribution in [0.4, 0.5) is 0 Å².